The second-order valence-electron chi connectivity index (χ2n) is 6.80. The number of aromatic amines is 1. The molecule has 31 heavy (non-hydrogen) atoms. The van der Waals surface area contributed by atoms with Gasteiger partial charge in [0.15, 0.2) is 0 Å². The van der Waals surface area contributed by atoms with Crippen molar-refractivity contribution in [3.63, 3.8) is 0 Å². The van der Waals surface area contributed by atoms with Crippen LogP contribution in [0.2, 0.25) is 0 Å². The molecule has 0 atom stereocenters. The number of hydrogen-bond acceptors (Lipinski definition) is 2. The average Bonchev–Trinajstić information content (AvgIpc) is 3.21. The predicted molar refractivity (Wildman–Crippen MR) is 110 cm³/mol. The Morgan fingerprint density at radius 2 is 1.77 bits per heavy atom. The number of hydrogen-bond donors (Lipinski definition) is 3. The molecule has 4 rings (SSSR count). The number of anilines is 1. The summed E-state index contributed by atoms with van der Waals surface area (Å²) in [6, 6.07) is 15.5. The Hall–Kier alpha value is -3.88. The van der Waals surface area contributed by atoms with Crippen LogP contribution in [-0.4, -0.2) is 28.7 Å². The summed E-state index contributed by atoms with van der Waals surface area (Å²) in [6.45, 7) is -1.43. The molecule has 3 aromatic carbocycles. The number of benzene rings is 3. The summed E-state index contributed by atoms with van der Waals surface area (Å²) in [7, 11) is 0. The second-order valence-corrected chi connectivity index (χ2v) is 6.80. The molecule has 3 N–H and O–H groups in total. The van der Waals surface area contributed by atoms with E-state index in [0.717, 1.165) is 22.2 Å². The zero-order chi connectivity index (χ0) is 22.0. The molecule has 0 unspecified atom stereocenters. The van der Waals surface area contributed by atoms with Crippen LogP contribution in [0.25, 0.3) is 33.3 Å². The van der Waals surface area contributed by atoms with Gasteiger partial charge in [0.1, 0.15) is 12.4 Å². The minimum Gasteiger partial charge on any atom is -0.345 e. The van der Waals surface area contributed by atoms with Crippen LogP contribution >= 0.6 is 0 Å². The van der Waals surface area contributed by atoms with E-state index in [-0.39, 0.29) is 5.82 Å². The van der Waals surface area contributed by atoms with Crippen molar-refractivity contribution in [2.45, 2.75) is 6.18 Å². The van der Waals surface area contributed by atoms with Gasteiger partial charge in [-0.05, 0) is 47.0 Å². The van der Waals surface area contributed by atoms with Crippen LogP contribution in [0, 0.1) is 5.82 Å². The molecule has 1 aromatic heterocycles. The number of imidazole rings is 1. The molecule has 5 nitrogen and oxygen atoms in total. The summed E-state index contributed by atoms with van der Waals surface area (Å²) < 4.78 is 50.3. The van der Waals surface area contributed by atoms with Crippen LogP contribution in [-0.2, 0) is 0 Å². The molecule has 0 bridgehead atoms. The lowest BCUT2D eigenvalue weighted by atomic mass is 9.93. The number of halogens is 4. The molecule has 9 heteroatoms. The molecular weight excluding hydrogens is 412 g/mol. The van der Waals surface area contributed by atoms with Crippen LogP contribution < -0.4 is 10.6 Å². The molecule has 4 aromatic rings. The van der Waals surface area contributed by atoms with Gasteiger partial charge in [-0.2, -0.15) is 13.2 Å². The molecule has 2 amide bonds. The van der Waals surface area contributed by atoms with Crippen molar-refractivity contribution in [1.29, 1.82) is 0 Å². The van der Waals surface area contributed by atoms with E-state index in [2.05, 4.69) is 15.3 Å². The smallest absolute Gasteiger partial charge is 0.345 e. The molecule has 158 valence electrons. The fourth-order valence-electron chi connectivity index (χ4n) is 3.28. The Morgan fingerprint density at radius 3 is 2.52 bits per heavy atom. The number of carbonyl (C=O) groups excluding carboxylic acids is 1. The highest BCUT2D eigenvalue weighted by molar-refractivity contribution is 6.01. The highest BCUT2D eigenvalue weighted by atomic mass is 19.4. The van der Waals surface area contributed by atoms with E-state index < -0.39 is 18.8 Å². The molecular formula is C22H16F4N4O. The molecule has 0 saturated heterocycles. The number of amides is 2. The van der Waals surface area contributed by atoms with E-state index >= 15 is 0 Å². The molecule has 0 aliphatic carbocycles. The van der Waals surface area contributed by atoms with E-state index in [1.807, 2.05) is 12.1 Å². The number of rotatable bonds is 4. The van der Waals surface area contributed by atoms with Crippen LogP contribution in [0.5, 0.6) is 0 Å². The Labute approximate surface area is 174 Å². The van der Waals surface area contributed by atoms with E-state index in [1.54, 1.807) is 48.0 Å². The summed E-state index contributed by atoms with van der Waals surface area (Å²) >= 11 is 0. The zero-order valence-corrected chi connectivity index (χ0v) is 15.9. The van der Waals surface area contributed by atoms with E-state index in [1.165, 1.54) is 12.1 Å². The first-order chi connectivity index (χ1) is 14.8. The van der Waals surface area contributed by atoms with Gasteiger partial charge in [-0.25, -0.2) is 14.2 Å². The van der Waals surface area contributed by atoms with Gasteiger partial charge >= 0.3 is 12.2 Å². The van der Waals surface area contributed by atoms with Gasteiger partial charge in [0.2, 0.25) is 0 Å². The maximum Gasteiger partial charge on any atom is 0.405 e. The fourth-order valence-corrected chi connectivity index (χ4v) is 3.28. The third-order valence-electron chi connectivity index (χ3n) is 4.61. The van der Waals surface area contributed by atoms with Crippen molar-refractivity contribution < 1.29 is 22.4 Å². The SMILES string of the molecule is O=C(NCC(F)(F)F)Nc1cccc(-c2c(-c3ccc(F)cc3)ccc3[nH]cnc23)c1. The molecule has 0 fully saturated rings. The van der Waals surface area contributed by atoms with Crippen LogP contribution in [0.3, 0.4) is 0 Å². The van der Waals surface area contributed by atoms with Gasteiger partial charge in [-0.3, -0.25) is 0 Å². The number of nitrogens with zero attached hydrogens (tertiary/aromatic N) is 1. The largest absolute Gasteiger partial charge is 0.405 e. The lowest BCUT2D eigenvalue weighted by Crippen LogP contribution is -2.36. The van der Waals surface area contributed by atoms with Crippen molar-refractivity contribution in [3.05, 3.63) is 72.8 Å². The topological polar surface area (TPSA) is 69.8 Å². The first-order valence-corrected chi connectivity index (χ1v) is 9.24. The quantitative estimate of drug-likeness (QED) is 0.364. The van der Waals surface area contributed by atoms with Gasteiger partial charge in [0, 0.05) is 11.3 Å². The van der Waals surface area contributed by atoms with Gasteiger partial charge < -0.3 is 15.6 Å². The predicted octanol–water partition coefficient (Wildman–Crippen LogP) is 5.72. The number of nitrogens with one attached hydrogen (secondary N) is 3. The highest BCUT2D eigenvalue weighted by Gasteiger charge is 2.27. The monoisotopic (exact) mass is 428 g/mol. The molecule has 0 aliphatic rings. The van der Waals surface area contributed by atoms with Crippen molar-refractivity contribution in [2.24, 2.45) is 0 Å². The average molecular weight is 428 g/mol. The Balaban J connectivity index is 1.72. The minimum atomic E-state index is -4.50. The summed E-state index contributed by atoms with van der Waals surface area (Å²) in [6.07, 6.45) is -2.95. The summed E-state index contributed by atoms with van der Waals surface area (Å²) in [5.74, 6) is -0.359. The normalized spacial score (nSPS) is 11.5. The fraction of sp³-hybridized carbons (Fsp3) is 0.0909. The van der Waals surface area contributed by atoms with E-state index in [0.29, 0.717) is 16.8 Å². The second kappa shape index (κ2) is 8.10. The standard InChI is InChI=1S/C22H16F4N4O/c23-15-6-4-13(5-7-15)17-8-9-18-20(29-12-28-18)19(17)14-2-1-3-16(10-14)30-21(31)27-11-22(24,25)26/h1-10,12H,11H2,(H,28,29)(H2,27,30,31). The minimum absolute atomic E-state index is 0.315. The van der Waals surface area contributed by atoms with Gasteiger partial charge in [0.05, 0.1) is 17.4 Å². The Kier molecular flexibility index (Phi) is 5.33. The lowest BCUT2D eigenvalue weighted by molar-refractivity contribution is -0.122. The number of urea groups is 1. The first kappa shape index (κ1) is 20.4. The highest BCUT2D eigenvalue weighted by Crippen LogP contribution is 2.37. The Morgan fingerprint density at radius 1 is 1.00 bits per heavy atom. The number of carbonyl (C=O) groups is 1. The third kappa shape index (κ3) is 4.66. The summed E-state index contributed by atoms with van der Waals surface area (Å²) in [4.78, 5) is 19.3. The van der Waals surface area contributed by atoms with Crippen molar-refractivity contribution in [3.8, 4) is 22.3 Å². The van der Waals surface area contributed by atoms with Gasteiger partial charge in [0.25, 0.3) is 0 Å². The van der Waals surface area contributed by atoms with Crippen molar-refractivity contribution in [1.82, 2.24) is 15.3 Å². The summed E-state index contributed by atoms with van der Waals surface area (Å²) in [5.41, 5.74) is 4.74. The lowest BCUT2D eigenvalue weighted by Gasteiger charge is -2.14. The number of alkyl halides is 3. The number of H-pyrrole nitrogens is 1. The van der Waals surface area contributed by atoms with Crippen LogP contribution in [0.15, 0.2) is 67.0 Å². The molecule has 0 radical (unpaired) electrons. The van der Waals surface area contributed by atoms with E-state index in [4.69, 9.17) is 0 Å². The first-order valence-electron chi connectivity index (χ1n) is 9.24. The Bertz CT molecular complexity index is 1230. The van der Waals surface area contributed by atoms with Crippen LogP contribution in [0.4, 0.5) is 28.0 Å². The molecule has 0 saturated carbocycles. The molecule has 0 aliphatic heterocycles. The van der Waals surface area contributed by atoms with Crippen LogP contribution in [0.1, 0.15) is 0 Å². The zero-order valence-electron chi connectivity index (χ0n) is 15.9. The van der Waals surface area contributed by atoms with Crippen molar-refractivity contribution in [2.75, 3.05) is 11.9 Å². The summed E-state index contributed by atoms with van der Waals surface area (Å²) in [5, 5.41) is 4.18. The molecule has 0 spiro atoms. The van der Waals surface area contributed by atoms with Gasteiger partial charge in [-0.15, -0.1) is 0 Å². The third-order valence-corrected chi connectivity index (χ3v) is 4.61. The number of fused-ring (bicyclic) bond motifs is 1. The van der Waals surface area contributed by atoms with Crippen molar-refractivity contribution >= 4 is 22.8 Å². The number of aromatic nitrogens is 2. The van der Waals surface area contributed by atoms with E-state index in [9.17, 15) is 22.4 Å². The molecule has 1 heterocycles. The maximum atomic E-state index is 13.4. The van der Waals surface area contributed by atoms with Gasteiger partial charge in [-0.1, -0.05) is 30.3 Å². The maximum absolute atomic E-state index is 13.4.